The fourth-order valence-corrected chi connectivity index (χ4v) is 2.55. The molecule has 0 aromatic heterocycles. The molecule has 0 bridgehead atoms. The predicted molar refractivity (Wildman–Crippen MR) is 85.0 cm³/mol. The Morgan fingerprint density at radius 1 is 1.25 bits per heavy atom. The first-order valence-corrected chi connectivity index (χ1v) is 8.14. The van der Waals surface area contributed by atoms with Gasteiger partial charge in [0.15, 0.2) is 0 Å². The molecule has 0 amide bonds. The lowest BCUT2D eigenvalue weighted by Gasteiger charge is -2.09. The van der Waals surface area contributed by atoms with Crippen molar-refractivity contribution in [1.29, 1.82) is 0 Å². The molecule has 1 aromatic rings. The van der Waals surface area contributed by atoms with Gasteiger partial charge in [-0.2, -0.15) is 0 Å². The summed E-state index contributed by atoms with van der Waals surface area (Å²) in [6.07, 6.45) is 5.17. The summed E-state index contributed by atoms with van der Waals surface area (Å²) in [6, 6.07) is 9.29. The Morgan fingerprint density at radius 2 is 2.00 bits per heavy atom. The summed E-state index contributed by atoms with van der Waals surface area (Å²) in [7, 11) is 0. The standard InChI is InChI=1S/C18H29NO/c1-4-5-16-12-18(16)19-13-15-6-8-17(9-7-15)20-11-10-14(2)3/h6-9,14,16,18-19H,4-5,10-13H2,1-3H3. The summed E-state index contributed by atoms with van der Waals surface area (Å²) in [5, 5.41) is 3.64. The van der Waals surface area contributed by atoms with Crippen LogP contribution < -0.4 is 10.1 Å². The number of ether oxygens (including phenoxy) is 1. The largest absolute Gasteiger partial charge is 0.494 e. The monoisotopic (exact) mass is 275 g/mol. The van der Waals surface area contributed by atoms with Crippen LogP contribution in [0.2, 0.25) is 0 Å². The van der Waals surface area contributed by atoms with Gasteiger partial charge in [-0.05, 0) is 48.8 Å². The maximum atomic E-state index is 5.74. The summed E-state index contributed by atoms with van der Waals surface area (Å²) < 4.78 is 5.74. The molecule has 2 atom stereocenters. The Balaban J connectivity index is 1.66. The first kappa shape index (κ1) is 15.4. The van der Waals surface area contributed by atoms with E-state index in [2.05, 4.69) is 50.4 Å². The molecule has 0 radical (unpaired) electrons. The minimum absolute atomic E-state index is 0.702. The second-order valence-corrected chi connectivity index (χ2v) is 6.45. The van der Waals surface area contributed by atoms with Gasteiger partial charge in [-0.1, -0.05) is 39.3 Å². The average Bonchev–Trinajstić information content (AvgIpc) is 3.16. The van der Waals surface area contributed by atoms with Gasteiger partial charge in [-0.25, -0.2) is 0 Å². The lowest BCUT2D eigenvalue weighted by atomic mass is 10.1. The van der Waals surface area contributed by atoms with E-state index >= 15 is 0 Å². The van der Waals surface area contributed by atoms with Crippen molar-refractivity contribution in [2.75, 3.05) is 6.61 Å². The number of hydrogen-bond acceptors (Lipinski definition) is 2. The molecule has 0 spiro atoms. The molecule has 1 aromatic carbocycles. The van der Waals surface area contributed by atoms with E-state index in [0.29, 0.717) is 5.92 Å². The Bertz CT molecular complexity index is 385. The highest BCUT2D eigenvalue weighted by atomic mass is 16.5. The second-order valence-electron chi connectivity index (χ2n) is 6.45. The third-order valence-corrected chi connectivity index (χ3v) is 4.04. The zero-order valence-electron chi connectivity index (χ0n) is 13.2. The molecular weight excluding hydrogens is 246 g/mol. The summed E-state index contributed by atoms with van der Waals surface area (Å²) in [6.45, 7) is 8.52. The van der Waals surface area contributed by atoms with Crippen LogP contribution in [0.1, 0.15) is 52.0 Å². The van der Waals surface area contributed by atoms with Crippen molar-refractivity contribution in [3.05, 3.63) is 29.8 Å². The van der Waals surface area contributed by atoms with Gasteiger partial charge in [0, 0.05) is 12.6 Å². The van der Waals surface area contributed by atoms with Gasteiger partial charge in [-0.3, -0.25) is 0 Å². The minimum atomic E-state index is 0.702. The van der Waals surface area contributed by atoms with E-state index in [4.69, 9.17) is 4.74 Å². The van der Waals surface area contributed by atoms with Crippen LogP contribution in [0.25, 0.3) is 0 Å². The summed E-state index contributed by atoms with van der Waals surface area (Å²) in [5.74, 6) is 2.62. The summed E-state index contributed by atoms with van der Waals surface area (Å²) in [4.78, 5) is 0. The molecule has 1 N–H and O–H groups in total. The third-order valence-electron chi connectivity index (χ3n) is 4.04. The van der Waals surface area contributed by atoms with Gasteiger partial charge in [0.2, 0.25) is 0 Å². The molecule has 0 aliphatic heterocycles. The van der Waals surface area contributed by atoms with E-state index in [0.717, 1.165) is 37.3 Å². The Kier molecular flexibility index (Phi) is 5.90. The maximum absolute atomic E-state index is 5.74. The summed E-state index contributed by atoms with van der Waals surface area (Å²) >= 11 is 0. The molecule has 0 heterocycles. The normalized spacial score (nSPS) is 21.2. The number of nitrogens with one attached hydrogen (secondary N) is 1. The number of hydrogen-bond donors (Lipinski definition) is 1. The number of benzene rings is 1. The second kappa shape index (κ2) is 7.68. The first-order valence-electron chi connectivity index (χ1n) is 8.14. The molecule has 2 heteroatoms. The van der Waals surface area contributed by atoms with Crippen molar-refractivity contribution in [2.24, 2.45) is 11.8 Å². The van der Waals surface area contributed by atoms with Crippen molar-refractivity contribution in [3.8, 4) is 5.75 Å². The van der Waals surface area contributed by atoms with Crippen molar-refractivity contribution >= 4 is 0 Å². The van der Waals surface area contributed by atoms with E-state index in [1.807, 2.05) is 0 Å². The van der Waals surface area contributed by atoms with E-state index in [9.17, 15) is 0 Å². The predicted octanol–water partition coefficient (Wildman–Crippen LogP) is 4.39. The highest BCUT2D eigenvalue weighted by Gasteiger charge is 2.35. The van der Waals surface area contributed by atoms with Gasteiger partial charge in [0.25, 0.3) is 0 Å². The SMILES string of the molecule is CCCC1CC1NCc1ccc(OCCC(C)C)cc1. The molecular formula is C18H29NO. The van der Waals surface area contributed by atoms with Gasteiger partial charge in [-0.15, -0.1) is 0 Å². The van der Waals surface area contributed by atoms with Crippen LogP contribution in [0, 0.1) is 11.8 Å². The minimum Gasteiger partial charge on any atom is -0.494 e. The molecule has 112 valence electrons. The van der Waals surface area contributed by atoms with Crippen LogP contribution in [0.4, 0.5) is 0 Å². The molecule has 1 saturated carbocycles. The van der Waals surface area contributed by atoms with Crippen LogP contribution in [-0.2, 0) is 6.54 Å². The molecule has 1 aliphatic carbocycles. The molecule has 1 aliphatic rings. The molecule has 2 rings (SSSR count). The Labute approximate surface area is 123 Å². The topological polar surface area (TPSA) is 21.3 Å². The fourth-order valence-electron chi connectivity index (χ4n) is 2.55. The molecule has 0 saturated heterocycles. The highest BCUT2D eigenvalue weighted by molar-refractivity contribution is 5.27. The summed E-state index contributed by atoms with van der Waals surface area (Å²) in [5.41, 5.74) is 1.35. The van der Waals surface area contributed by atoms with E-state index in [-0.39, 0.29) is 0 Å². The van der Waals surface area contributed by atoms with Crippen molar-refractivity contribution < 1.29 is 4.74 Å². The van der Waals surface area contributed by atoms with Crippen molar-refractivity contribution in [2.45, 2.75) is 59.0 Å². The number of rotatable bonds is 9. The Morgan fingerprint density at radius 3 is 2.65 bits per heavy atom. The van der Waals surface area contributed by atoms with Crippen molar-refractivity contribution in [3.63, 3.8) is 0 Å². The van der Waals surface area contributed by atoms with E-state index in [1.165, 1.54) is 24.8 Å². The molecule has 20 heavy (non-hydrogen) atoms. The third kappa shape index (κ3) is 5.16. The van der Waals surface area contributed by atoms with Gasteiger partial charge in [0.05, 0.1) is 6.61 Å². The molecule has 2 unspecified atom stereocenters. The lowest BCUT2D eigenvalue weighted by molar-refractivity contribution is 0.289. The van der Waals surface area contributed by atoms with Gasteiger partial charge >= 0.3 is 0 Å². The van der Waals surface area contributed by atoms with Gasteiger partial charge < -0.3 is 10.1 Å². The van der Waals surface area contributed by atoms with Crippen LogP contribution >= 0.6 is 0 Å². The van der Waals surface area contributed by atoms with Gasteiger partial charge in [0.1, 0.15) is 5.75 Å². The molecule has 2 nitrogen and oxygen atoms in total. The smallest absolute Gasteiger partial charge is 0.119 e. The molecule has 1 fully saturated rings. The van der Waals surface area contributed by atoms with Crippen molar-refractivity contribution in [1.82, 2.24) is 5.32 Å². The maximum Gasteiger partial charge on any atom is 0.119 e. The quantitative estimate of drug-likeness (QED) is 0.721. The van der Waals surface area contributed by atoms with Crippen LogP contribution in [0.3, 0.4) is 0 Å². The van der Waals surface area contributed by atoms with Crippen LogP contribution in [0.5, 0.6) is 5.75 Å². The van der Waals surface area contributed by atoms with Crippen LogP contribution in [-0.4, -0.2) is 12.6 Å². The van der Waals surface area contributed by atoms with E-state index in [1.54, 1.807) is 0 Å². The van der Waals surface area contributed by atoms with E-state index < -0.39 is 0 Å². The lowest BCUT2D eigenvalue weighted by Crippen LogP contribution is -2.17. The highest BCUT2D eigenvalue weighted by Crippen LogP contribution is 2.34. The average molecular weight is 275 g/mol. The van der Waals surface area contributed by atoms with Crippen LogP contribution in [0.15, 0.2) is 24.3 Å². The zero-order chi connectivity index (χ0) is 14.4. The zero-order valence-corrected chi connectivity index (χ0v) is 13.2. The first-order chi connectivity index (χ1) is 9.69. The Hall–Kier alpha value is -1.02. The fraction of sp³-hybridized carbons (Fsp3) is 0.667.